The van der Waals surface area contributed by atoms with Gasteiger partial charge in [0.05, 0.1) is 12.6 Å². The van der Waals surface area contributed by atoms with E-state index >= 15 is 0 Å². The third-order valence-corrected chi connectivity index (χ3v) is 4.44. The van der Waals surface area contributed by atoms with E-state index < -0.39 is 0 Å². The quantitative estimate of drug-likeness (QED) is 0.869. The zero-order chi connectivity index (χ0) is 15.5. The molecule has 0 bridgehead atoms. The van der Waals surface area contributed by atoms with Crippen LogP contribution in [0.3, 0.4) is 0 Å². The fourth-order valence-electron chi connectivity index (χ4n) is 2.73. The van der Waals surface area contributed by atoms with Crippen LogP contribution in [-0.2, 0) is 4.79 Å². The standard InChI is InChI=1S/C14H18N6OS/c1-9-7-18-14(22-9)19-13-12(16-4-5-17-13)10-3-2-6-20(10)8-11(15)21/h4-5,7,10H,2-3,6,8H2,1H3,(H2,15,21)(H,17,18,19)/t10-/m1/s1. The maximum Gasteiger partial charge on any atom is 0.231 e. The van der Waals surface area contributed by atoms with E-state index in [9.17, 15) is 4.79 Å². The van der Waals surface area contributed by atoms with Gasteiger partial charge in [0.25, 0.3) is 0 Å². The zero-order valence-electron chi connectivity index (χ0n) is 12.3. The molecule has 1 saturated heterocycles. The van der Waals surface area contributed by atoms with Crippen molar-refractivity contribution in [2.45, 2.75) is 25.8 Å². The number of nitrogens with one attached hydrogen (secondary N) is 1. The maximum absolute atomic E-state index is 11.2. The maximum atomic E-state index is 11.2. The number of nitrogens with two attached hydrogens (primary N) is 1. The molecule has 3 heterocycles. The molecular formula is C14H18N6OS. The molecule has 22 heavy (non-hydrogen) atoms. The summed E-state index contributed by atoms with van der Waals surface area (Å²) in [5, 5.41) is 4.03. The van der Waals surface area contributed by atoms with Crippen molar-refractivity contribution >= 4 is 28.2 Å². The third-order valence-electron chi connectivity index (χ3n) is 3.61. The molecule has 8 heteroatoms. The Bertz CT molecular complexity index is 673. The second-order valence-corrected chi connectivity index (χ2v) is 6.52. The lowest BCUT2D eigenvalue weighted by Gasteiger charge is -2.23. The summed E-state index contributed by atoms with van der Waals surface area (Å²) < 4.78 is 0. The predicted octanol–water partition coefficient (Wildman–Crippen LogP) is 1.61. The Kier molecular flexibility index (Phi) is 4.30. The van der Waals surface area contributed by atoms with E-state index in [1.807, 2.05) is 13.1 Å². The summed E-state index contributed by atoms with van der Waals surface area (Å²) in [5.74, 6) is 0.374. The number of amides is 1. The van der Waals surface area contributed by atoms with Gasteiger partial charge in [0.2, 0.25) is 5.91 Å². The second-order valence-electron chi connectivity index (χ2n) is 5.29. The fraction of sp³-hybridized carbons (Fsp3) is 0.429. The smallest absolute Gasteiger partial charge is 0.231 e. The van der Waals surface area contributed by atoms with Crippen LogP contribution in [0, 0.1) is 6.92 Å². The number of thiazole rings is 1. The number of nitrogens with zero attached hydrogens (tertiary/aromatic N) is 4. The van der Waals surface area contributed by atoms with E-state index in [4.69, 9.17) is 5.73 Å². The molecule has 1 amide bonds. The monoisotopic (exact) mass is 318 g/mol. The summed E-state index contributed by atoms with van der Waals surface area (Å²) in [6, 6.07) is 0.0600. The average molecular weight is 318 g/mol. The summed E-state index contributed by atoms with van der Waals surface area (Å²) >= 11 is 1.57. The number of primary amides is 1. The normalized spacial score (nSPS) is 18.5. The number of anilines is 2. The van der Waals surface area contributed by atoms with Crippen LogP contribution in [0.1, 0.15) is 29.5 Å². The molecule has 1 aliphatic heterocycles. The molecule has 3 rings (SSSR count). The lowest BCUT2D eigenvalue weighted by atomic mass is 10.1. The van der Waals surface area contributed by atoms with Crippen molar-refractivity contribution in [1.82, 2.24) is 19.9 Å². The summed E-state index contributed by atoms with van der Waals surface area (Å²) in [6.07, 6.45) is 7.11. The molecule has 0 radical (unpaired) electrons. The Morgan fingerprint density at radius 1 is 1.45 bits per heavy atom. The van der Waals surface area contributed by atoms with E-state index in [-0.39, 0.29) is 18.5 Å². The molecule has 7 nitrogen and oxygen atoms in total. The first-order valence-corrected chi connectivity index (χ1v) is 7.98. The van der Waals surface area contributed by atoms with E-state index in [1.54, 1.807) is 23.7 Å². The van der Waals surface area contributed by atoms with Crippen LogP contribution < -0.4 is 11.1 Å². The van der Waals surface area contributed by atoms with Crippen molar-refractivity contribution in [3.8, 4) is 0 Å². The highest BCUT2D eigenvalue weighted by Crippen LogP contribution is 2.34. The molecule has 0 aliphatic carbocycles. The van der Waals surface area contributed by atoms with Gasteiger partial charge in [-0.25, -0.2) is 9.97 Å². The van der Waals surface area contributed by atoms with Gasteiger partial charge in [-0.2, -0.15) is 0 Å². The van der Waals surface area contributed by atoms with Crippen LogP contribution in [0.2, 0.25) is 0 Å². The van der Waals surface area contributed by atoms with E-state index in [1.165, 1.54) is 0 Å². The van der Waals surface area contributed by atoms with Crippen molar-refractivity contribution in [2.24, 2.45) is 5.73 Å². The van der Waals surface area contributed by atoms with E-state index in [2.05, 4.69) is 25.2 Å². The molecule has 0 spiro atoms. The van der Waals surface area contributed by atoms with Gasteiger partial charge in [-0.1, -0.05) is 0 Å². The summed E-state index contributed by atoms with van der Waals surface area (Å²) in [7, 11) is 0. The van der Waals surface area contributed by atoms with Crippen molar-refractivity contribution in [2.75, 3.05) is 18.4 Å². The molecule has 1 fully saturated rings. The molecule has 1 atom stereocenters. The number of carbonyl (C=O) groups excluding carboxylic acids is 1. The average Bonchev–Trinajstić information content (AvgIpc) is 3.08. The van der Waals surface area contributed by atoms with Crippen molar-refractivity contribution in [3.63, 3.8) is 0 Å². The predicted molar refractivity (Wildman–Crippen MR) is 84.9 cm³/mol. The van der Waals surface area contributed by atoms with Gasteiger partial charge in [-0.3, -0.25) is 14.7 Å². The molecule has 0 unspecified atom stereocenters. The number of hydrogen-bond donors (Lipinski definition) is 2. The van der Waals surface area contributed by atoms with Gasteiger partial charge in [0.15, 0.2) is 10.9 Å². The van der Waals surface area contributed by atoms with Gasteiger partial charge < -0.3 is 11.1 Å². The molecule has 0 saturated carbocycles. The largest absolute Gasteiger partial charge is 0.369 e. The van der Waals surface area contributed by atoms with Gasteiger partial charge in [-0.15, -0.1) is 11.3 Å². The van der Waals surface area contributed by atoms with Crippen molar-refractivity contribution < 1.29 is 4.79 Å². The Morgan fingerprint density at radius 3 is 3.00 bits per heavy atom. The fourth-order valence-corrected chi connectivity index (χ4v) is 3.39. The number of aryl methyl sites for hydroxylation is 1. The molecule has 116 valence electrons. The first-order chi connectivity index (χ1) is 10.6. The minimum atomic E-state index is -0.319. The van der Waals surface area contributed by atoms with Crippen LogP contribution in [0.4, 0.5) is 10.9 Å². The lowest BCUT2D eigenvalue weighted by Crippen LogP contribution is -2.34. The number of carbonyl (C=O) groups is 1. The van der Waals surface area contributed by atoms with Crippen molar-refractivity contribution in [1.29, 1.82) is 0 Å². The van der Waals surface area contributed by atoms with Crippen LogP contribution in [-0.4, -0.2) is 38.8 Å². The molecule has 3 N–H and O–H groups in total. The van der Waals surface area contributed by atoms with Gasteiger partial charge >= 0.3 is 0 Å². The van der Waals surface area contributed by atoms with Crippen LogP contribution in [0.5, 0.6) is 0 Å². The van der Waals surface area contributed by atoms with E-state index in [0.717, 1.165) is 35.1 Å². The Hall–Kier alpha value is -2.06. The molecule has 1 aliphatic rings. The summed E-state index contributed by atoms with van der Waals surface area (Å²) in [4.78, 5) is 27.6. The Morgan fingerprint density at radius 2 is 2.27 bits per heavy atom. The van der Waals surface area contributed by atoms with Gasteiger partial charge in [0, 0.05) is 23.5 Å². The SMILES string of the molecule is Cc1cnc(Nc2nccnc2[C@H]2CCCN2CC(N)=O)s1. The van der Waals surface area contributed by atoms with Crippen LogP contribution in [0.15, 0.2) is 18.6 Å². The van der Waals surface area contributed by atoms with Gasteiger partial charge in [0.1, 0.15) is 5.69 Å². The molecule has 2 aromatic heterocycles. The summed E-state index contributed by atoms with van der Waals surface area (Å²) in [5.41, 5.74) is 6.18. The lowest BCUT2D eigenvalue weighted by molar-refractivity contribution is -0.119. The minimum Gasteiger partial charge on any atom is -0.369 e. The Labute approximate surface area is 132 Å². The Balaban J connectivity index is 1.85. The highest BCUT2D eigenvalue weighted by atomic mass is 32.1. The van der Waals surface area contributed by atoms with Crippen molar-refractivity contribution in [3.05, 3.63) is 29.2 Å². The second kappa shape index (κ2) is 6.37. The number of rotatable bonds is 5. The highest BCUT2D eigenvalue weighted by molar-refractivity contribution is 7.15. The third kappa shape index (κ3) is 3.23. The minimum absolute atomic E-state index is 0.0600. The van der Waals surface area contributed by atoms with E-state index in [0.29, 0.717) is 5.82 Å². The number of hydrogen-bond acceptors (Lipinski definition) is 7. The molecule has 0 aromatic carbocycles. The number of aromatic nitrogens is 3. The van der Waals surface area contributed by atoms with Gasteiger partial charge in [-0.05, 0) is 26.3 Å². The first-order valence-electron chi connectivity index (χ1n) is 7.16. The number of likely N-dealkylation sites (tertiary alicyclic amines) is 1. The zero-order valence-corrected chi connectivity index (χ0v) is 13.1. The highest BCUT2D eigenvalue weighted by Gasteiger charge is 2.30. The van der Waals surface area contributed by atoms with Crippen LogP contribution in [0.25, 0.3) is 0 Å². The van der Waals surface area contributed by atoms with Crippen LogP contribution >= 0.6 is 11.3 Å². The summed E-state index contributed by atoms with van der Waals surface area (Å²) in [6.45, 7) is 3.10. The molecule has 2 aromatic rings. The first kappa shape index (κ1) is 14.9. The topological polar surface area (TPSA) is 97.0 Å². The molecular weight excluding hydrogens is 300 g/mol.